The molecule has 134 valence electrons. The summed E-state index contributed by atoms with van der Waals surface area (Å²) in [6.07, 6.45) is 0. The molecule has 0 atom stereocenters. The van der Waals surface area contributed by atoms with Gasteiger partial charge in [-0.15, -0.1) is 11.3 Å². The van der Waals surface area contributed by atoms with Crippen LogP contribution in [0.25, 0.3) is 10.1 Å². The summed E-state index contributed by atoms with van der Waals surface area (Å²) < 4.78 is 14.1. The topological polar surface area (TPSA) is 58.2 Å². The zero-order valence-corrected chi connectivity index (χ0v) is 15.5. The van der Waals surface area contributed by atoms with Gasteiger partial charge in [0, 0.05) is 16.6 Å². The molecule has 2 amide bonds. The highest BCUT2D eigenvalue weighted by atomic mass is 35.5. The van der Waals surface area contributed by atoms with Gasteiger partial charge >= 0.3 is 0 Å². The van der Waals surface area contributed by atoms with E-state index in [2.05, 4.69) is 10.6 Å². The number of thiophene rings is 1. The molecular weight excluding hydrogens is 375 g/mol. The van der Waals surface area contributed by atoms with Crippen molar-refractivity contribution in [3.8, 4) is 0 Å². The SMILES string of the molecule is Cc1cc(CNC(=O)CNC(=O)c2sc3ccccc3c2Cl)ccc1F. The molecule has 0 saturated heterocycles. The minimum absolute atomic E-state index is 0.163. The molecule has 0 fully saturated rings. The Bertz CT molecular complexity index is 987. The number of hydrogen-bond donors (Lipinski definition) is 2. The molecule has 0 aliphatic carbocycles. The number of amides is 2. The molecule has 0 aliphatic heterocycles. The van der Waals surface area contributed by atoms with Crippen LogP contribution in [-0.4, -0.2) is 18.4 Å². The van der Waals surface area contributed by atoms with Crippen LogP contribution >= 0.6 is 22.9 Å². The first kappa shape index (κ1) is 18.4. The summed E-state index contributed by atoms with van der Waals surface area (Å²) in [6.45, 7) is 1.76. The van der Waals surface area contributed by atoms with Crippen LogP contribution in [0.5, 0.6) is 0 Å². The van der Waals surface area contributed by atoms with Gasteiger partial charge in [-0.1, -0.05) is 41.9 Å². The van der Waals surface area contributed by atoms with Crippen LogP contribution in [0.4, 0.5) is 4.39 Å². The van der Waals surface area contributed by atoms with Crippen LogP contribution in [0.1, 0.15) is 20.8 Å². The summed E-state index contributed by atoms with van der Waals surface area (Å²) >= 11 is 7.54. The fourth-order valence-corrected chi connectivity index (χ4v) is 3.91. The minimum atomic E-state index is -0.385. The van der Waals surface area contributed by atoms with E-state index in [1.807, 2.05) is 24.3 Å². The highest BCUT2D eigenvalue weighted by Crippen LogP contribution is 2.34. The van der Waals surface area contributed by atoms with Crippen LogP contribution in [0.15, 0.2) is 42.5 Å². The average Bonchev–Trinajstić information content (AvgIpc) is 2.98. The number of rotatable bonds is 5. The predicted molar refractivity (Wildman–Crippen MR) is 102 cm³/mol. The third-order valence-corrected chi connectivity index (χ3v) is 5.54. The third kappa shape index (κ3) is 4.03. The number of halogens is 2. The summed E-state index contributed by atoms with van der Waals surface area (Å²) in [6, 6.07) is 12.1. The number of benzene rings is 2. The molecule has 0 radical (unpaired) electrons. The lowest BCUT2D eigenvalue weighted by Gasteiger charge is -2.07. The van der Waals surface area contributed by atoms with Crippen molar-refractivity contribution in [2.24, 2.45) is 0 Å². The van der Waals surface area contributed by atoms with Gasteiger partial charge in [-0.25, -0.2) is 4.39 Å². The fraction of sp³-hybridized carbons (Fsp3) is 0.158. The maximum absolute atomic E-state index is 13.2. The molecule has 1 aromatic heterocycles. The van der Waals surface area contributed by atoms with E-state index in [0.29, 0.717) is 15.5 Å². The van der Waals surface area contributed by atoms with E-state index in [-0.39, 0.29) is 30.7 Å². The van der Waals surface area contributed by atoms with E-state index in [1.165, 1.54) is 17.4 Å². The van der Waals surface area contributed by atoms with Crippen molar-refractivity contribution in [3.05, 3.63) is 69.3 Å². The van der Waals surface area contributed by atoms with Crippen LogP contribution in [0.3, 0.4) is 0 Å². The van der Waals surface area contributed by atoms with Crippen LogP contribution in [0, 0.1) is 12.7 Å². The van der Waals surface area contributed by atoms with Gasteiger partial charge in [0.15, 0.2) is 0 Å². The fourth-order valence-electron chi connectivity index (χ4n) is 2.48. The highest BCUT2D eigenvalue weighted by Gasteiger charge is 2.17. The molecule has 26 heavy (non-hydrogen) atoms. The van der Waals surface area contributed by atoms with E-state index in [0.717, 1.165) is 15.6 Å². The number of aryl methyl sites for hydroxylation is 1. The van der Waals surface area contributed by atoms with Crippen molar-refractivity contribution >= 4 is 44.8 Å². The molecule has 2 aromatic carbocycles. The van der Waals surface area contributed by atoms with Gasteiger partial charge in [0.25, 0.3) is 5.91 Å². The van der Waals surface area contributed by atoms with Crippen LogP contribution < -0.4 is 10.6 Å². The summed E-state index contributed by atoms with van der Waals surface area (Å²) in [7, 11) is 0. The second-order valence-corrected chi connectivity index (χ2v) is 7.21. The van der Waals surface area contributed by atoms with Gasteiger partial charge in [0.2, 0.25) is 5.91 Å². The first-order valence-corrected chi connectivity index (χ1v) is 9.12. The standard InChI is InChI=1S/C19H16ClFN2O2S/c1-11-8-12(6-7-14(11)21)9-22-16(24)10-23-19(25)18-17(20)13-4-2-3-5-15(13)26-18/h2-8H,9-10H2,1H3,(H,22,24)(H,23,25). The van der Waals surface area contributed by atoms with Crippen LogP contribution in [0.2, 0.25) is 5.02 Å². The van der Waals surface area contributed by atoms with E-state index in [9.17, 15) is 14.0 Å². The minimum Gasteiger partial charge on any atom is -0.350 e. The number of carbonyl (C=O) groups excluding carboxylic acids is 2. The Kier molecular flexibility index (Phi) is 5.54. The Balaban J connectivity index is 1.55. The van der Waals surface area contributed by atoms with Crippen molar-refractivity contribution in [3.63, 3.8) is 0 Å². The van der Waals surface area contributed by atoms with Crippen LogP contribution in [-0.2, 0) is 11.3 Å². The zero-order valence-electron chi connectivity index (χ0n) is 13.9. The van der Waals surface area contributed by atoms with Gasteiger partial charge in [-0.2, -0.15) is 0 Å². The van der Waals surface area contributed by atoms with E-state index in [1.54, 1.807) is 19.1 Å². The van der Waals surface area contributed by atoms with Gasteiger partial charge < -0.3 is 10.6 Å². The van der Waals surface area contributed by atoms with Crippen molar-refractivity contribution in [2.75, 3.05) is 6.54 Å². The molecule has 3 aromatic rings. The van der Waals surface area contributed by atoms with Gasteiger partial charge in [0.1, 0.15) is 10.7 Å². The number of carbonyl (C=O) groups is 2. The first-order valence-electron chi connectivity index (χ1n) is 7.92. The quantitative estimate of drug-likeness (QED) is 0.690. The Morgan fingerprint density at radius 1 is 1.15 bits per heavy atom. The van der Waals surface area contributed by atoms with E-state index >= 15 is 0 Å². The molecule has 2 N–H and O–H groups in total. The smallest absolute Gasteiger partial charge is 0.263 e. The van der Waals surface area contributed by atoms with Crippen molar-refractivity contribution in [1.29, 1.82) is 0 Å². The molecule has 0 spiro atoms. The Morgan fingerprint density at radius 2 is 1.92 bits per heavy atom. The van der Waals surface area contributed by atoms with E-state index < -0.39 is 0 Å². The number of nitrogens with one attached hydrogen (secondary N) is 2. The first-order chi connectivity index (χ1) is 12.5. The highest BCUT2D eigenvalue weighted by molar-refractivity contribution is 7.21. The largest absolute Gasteiger partial charge is 0.350 e. The zero-order chi connectivity index (χ0) is 18.7. The summed E-state index contributed by atoms with van der Waals surface area (Å²) in [5.41, 5.74) is 1.31. The van der Waals surface area contributed by atoms with Gasteiger partial charge in [-0.3, -0.25) is 9.59 Å². The molecule has 7 heteroatoms. The maximum Gasteiger partial charge on any atom is 0.263 e. The van der Waals surface area contributed by atoms with Gasteiger partial charge in [-0.05, 0) is 30.2 Å². The second kappa shape index (κ2) is 7.85. The molecule has 0 bridgehead atoms. The monoisotopic (exact) mass is 390 g/mol. The maximum atomic E-state index is 13.2. The molecule has 1 heterocycles. The van der Waals surface area contributed by atoms with Crippen molar-refractivity contribution < 1.29 is 14.0 Å². The molecule has 3 rings (SSSR count). The second-order valence-electron chi connectivity index (χ2n) is 5.78. The lowest BCUT2D eigenvalue weighted by Crippen LogP contribution is -2.36. The van der Waals surface area contributed by atoms with Crippen molar-refractivity contribution in [1.82, 2.24) is 10.6 Å². The lowest BCUT2D eigenvalue weighted by atomic mass is 10.1. The Labute approximate surface area is 159 Å². The third-order valence-electron chi connectivity index (χ3n) is 3.86. The Morgan fingerprint density at radius 3 is 2.65 bits per heavy atom. The normalized spacial score (nSPS) is 10.7. The molecule has 0 saturated carbocycles. The molecule has 0 unspecified atom stereocenters. The van der Waals surface area contributed by atoms with E-state index in [4.69, 9.17) is 11.6 Å². The van der Waals surface area contributed by atoms with Gasteiger partial charge in [0.05, 0.1) is 11.6 Å². The number of hydrogen-bond acceptors (Lipinski definition) is 3. The molecule has 4 nitrogen and oxygen atoms in total. The molecular formula is C19H16ClFN2O2S. The summed E-state index contributed by atoms with van der Waals surface area (Å²) in [5, 5.41) is 6.47. The summed E-state index contributed by atoms with van der Waals surface area (Å²) in [4.78, 5) is 24.6. The van der Waals surface area contributed by atoms with Crippen molar-refractivity contribution in [2.45, 2.75) is 13.5 Å². The Hall–Kier alpha value is -2.44. The number of fused-ring (bicyclic) bond motifs is 1. The summed E-state index contributed by atoms with van der Waals surface area (Å²) in [5.74, 6) is -1.01. The molecule has 0 aliphatic rings. The average molecular weight is 391 g/mol. The lowest BCUT2D eigenvalue weighted by molar-refractivity contribution is -0.120. The predicted octanol–water partition coefficient (Wildman–Crippen LogP) is 4.05.